The molecule has 3 nitrogen and oxygen atoms in total. The Kier molecular flexibility index (Phi) is 1.18. The predicted molar refractivity (Wildman–Crippen MR) is 42.5 cm³/mol. The zero-order chi connectivity index (χ0) is 7.84. The predicted octanol–water partition coefficient (Wildman–Crippen LogP) is 1.35. The van der Waals surface area contributed by atoms with Gasteiger partial charge in [-0.15, -0.1) is 0 Å². The van der Waals surface area contributed by atoms with Crippen LogP contribution in [0.25, 0.3) is 5.65 Å². The van der Waals surface area contributed by atoms with Gasteiger partial charge >= 0.3 is 0 Å². The van der Waals surface area contributed by atoms with Crippen molar-refractivity contribution >= 4 is 5.65 Å². The average molecular weight is 147 g/mol. The molecule has 2 rings (SSSR count). The second-order valence-corrected chi connectivity index (χ2v) is 2.56. The Labute approximate surface area is 64.7 Å². The molecule has 0 aliphatic rings. The molecular formula is C8H9N3. The zero-order valence-corrected chi connectivity index (χ0v) is 6.57. The molecule has 56 valence electrons. The van der Waals surface area contributed by atoms with E-state index in [1.54, 1.807) is 6.20 Å². The highest BCUT2D eigenvalue weighted by Crippen LogP contribution is 2.06. The van der Waals surface area contributed by atoms with E-state index in [0.717, 1.165) is 17.2 Å². The monoisotopic (exact) mass is 147 g/mol. The number of aryl methyl sites for hydroxylation is 2. The van der Waals surface area contributed by atoms with Crippen LogP contribution in [0.15, 0.2) is 18.5 Å². The second-order valence-electron chi connectivity index (χ2n) is 2.56. The molecule has 2 aromatic rings. The highest BCUT2D eigenvalue weighted by atomic mass is 15.1. The minimum atomic E-state index is 0.949. The molecule has 0 atom stereocenters. The molecule has 0 fully saturated rings. The van der Waals surface area contributed by atoms with Gasteiger partial charge in [0.05, 0.1) is 5.69 Å². The molecule has 0 saturated carbocycles. The van der Waals surface area contributed by atoms with Crippen molar-refractivity contribution in [3.05, 3.63) is 30.0 Å². The number of hydrogen-bond acceptors (Lipinski definition) is 2. The summed E-state index contributed by atoms with van der Waals surface area (Å²) in [5.41, 5.74) is 1.94. The first-order valence-electron chi connectivity index (χ1n) is 3.55. The van der Waals surface area contributed by atoms with Crippen molar-refractivity contribution in [2.75, 3.05) is 0 Å². The molecule has 0 radical (unpaired) electrons. The van der Waals surface area contributed by atoms with Crippen LogP contribution < -0.4 is 0 Å². The maximum Gasteiger partial charge on any atom is 0.159 e. The minimum absolute atomic E-state index is 0.949. The second kappa shape index (κ2) is 2.05. The SMILES string of the molecule is Cc1nc(C)n2cccnc12. The van der Waals surface area contributed by atoms with Gasteiger partial charge in [-0.1, -0.05) is 0 Å². The van der Waals surface area contributed by atoms with Crippen molar-refractivity contribution in [2.24, 2.45) is 0 Å². The van der Waals surface area contributed by atoms with Crippen LogP contribution in [0.1, 0.15) is 11.5 Å². The summed E-state index contributed by atoms with van der Waals surface area (Å²) in [6.07, 6.45) is 3.75. The van der Waals surface area contributed by atoms with Crippen LogP contribution in [0, 0.1) is 13.8 Å². The maximum atomic E-state index is 4.29. The van der Waals surface area contributed by atoms with Crippen molar-refractivity contribution < 1.29 is 0 Å². The zero-order valence-electron chi connectivity index (χ0n) is 6.57. The fourth-order valence-corrected chi connectivity index (χ4v) is 1.25. The van der Waals surface area contributed by atoms with Crippen LogP contribution in [0.5, 0.6) is 0 Å². The number of hydrogen-bond donors (Lipinski definition) is 0. The van der Waals surface area contributed by atoms with E-state index in [2.05, 4.69) is 9.97 Å². The Bertz CT molecular complexity index is 353. The highest BCUT2D eigenvalue weighted by Gasteiger charge is 2.01. The summed E-state index contributed by atoms with van der Waals surface area (Å²) >= 11 is 0. The van der Waals surface area contributed by atoms with Gasteiger partial charge < -0.3 is 0 Å². The Hall–Kier alpha value is -1.38. The van der Waals surface area contributed by atoms with Crippen molar-refractivity contribution in [1.29, 1.82) is 0 Å². The van der Waals surface area contributed by atoms with Crippen LogP contribution in [0.3, 0.4) is 0 Å². The number of imidazole rings is 1. The van der Waals surface area contributed by atoms with E-state index < -0.39 is 0 Å². The third-order valence-corrected chi connectivity index (χ3v) is 1.75. The Balaban J connectivity index is 2.95. The number of aromatic nitrogens is 3. The lowest BCUT2D eigenvalue weighted by atomic mass is 10.5. The minimum Gasteiger partial charge on any atom is -0.288 e. The van der Waals surface area contributed by atoms with Gasteiger partial charge in [0, 0.05) is 12.4 Å². The molecule has 0 unspecified atom stereocenters. The lowest BCUT2D eigenvalue weighted by Gasteiger charge is -1.91. The van der Waals surface area contributed by atoms with Gasteiger partial charge in [0.15, 0.2) is 5.65 Å². The molecule has 0 N–H and O–H groups in total. The van der Waals surface area contributed by atoms with Crippen molar-refractivity contribution in [2.45, 2.75) is 13.8 Å². The summed E-state index contributed by atoms with van der Waals surface area (Å²) in [6, 6.07) is 1.90. The van der Waals surface area contributed by atoms with Gasteiger partial charge in [-0.2, -0.15) is 0 Å². The molecule has 3 heteroatoms. The van der Waals surface area contributed by atoms with E-state index in [1.807, 2.05) is 30.5 Å². The highest BCUT2D eigenvalue weighted by molar-refractivity contribution is 5.43. The largest absolute Gasteiger partial charge is 0.288 e. The lowest BCUT2D eigenvalue weighted by Crippen LogP contribution is -1.87. The summed E-state index contributed by atoms with van der Waals surface area (Å²) in [4.78, 5) is 8.49. The van der Waals surface area contributed by atoms with Crippen LogP contribution in [-0.4, -0.2) is 14.4 Å². The molecule has 0 aliphatic heterocycles. The topological polar surface area (TPSA) is 30.2 Å². The van der Waals surface area contributed by atoms with Gasteiger partial charge in [-0.3, -0.25) is 4.40 Å². The van der Waals surface area contributed by atoms with E-state index in [-0.39, 0.29) is 0 Å². The average Bonchev–Trinajstić information content (AvgIpc) is 2.30. The first-order valence-corrected chi connectivity index (χ1v) is 3.55. The van der Waals surface area contributed by atoms with E-state index in [4.69, 9.17) is 0 Å². The molecule has 2 heterocycles. The van der Waals surface area contributed by atoms with Crippen LogP contribution >= 0.6 is 0 Å². The third kappa shape index (κ3) is 0.808. The van der Waals surface area contributed by atoms with Gasteiger partial charge in [0.1, 0.15) is 5.82 Å². The Morgan fingerprint density at radius 3 is 2.91 bits per heavy atom. The van der Waals surface area contributed by atoms with Crippen LogP contribution in [-0.2, 0) is 0 Å². The lowest BCUT2D eigenvalue weighted by molar-refractivity contribution is 1.02. The molecule has 0 aromatic carbocycles. The third-order valence-electron chi connectivity index (χ3n) is 1.75. The fourth-order valence-electron chi connectivity index (χ4n) is 1.25. The normalized spacial score (nSPS) is 10.7. The van der Waals surface area contributed by atoms with E-state index in [1.165, 1.54) is 0 Å². The summed E-state index contributed by atoms with van der Waals surface area (Å²) in [5.74, 6) is 0.991. The number of rotatable bonds is 0. The molecule has 0 saturated heterocycles. The van der Waals surface area contributed by atoms with Gasteiger partial charge in [0.25, 0.3) is 0 Å². The van der Waals surface area contributed by atoms with Gasteiger partial charge in [-0.05, 0) is 19.9 Å². The van der Waals surface area contributed by atoms with E-state index in [0.29, 0.717) is 0 Å². The molecule has 0 bridgehead atoms. The summed E-state index contributed by atoms with van der Waals surface area (Å²) in [7, 11) is 0. The molecular weight excluding hydrogens is 138 g/mol. The number of fused-ring (bicyclic) bond motifs is 1. The summed E-state index contributed by atoms with van der Waals surface area (Å²) in [5, 5.41) is 0. The maximum absolute atomic E-state index is 4.29. The molecule has 11 heavy (non-hydrogen) atoms. The first kappa shape index (κ1) is 6.34. The van der Waals surface area contributed by atoms with E-state index in [9.17, 15) is 0 Å². The molecule has 0 aliphatic carbocycles. The smallest absolute Gasteiger partial charge is 0.159 e. The van der Waals surface area contributed by atoms with Gasteiger partial charge in [0.2, 0.25) is 0 Å². The quantitative estimate of drug-likeness (QED) is 0.563. The summed E-state index contributed by atoms with van der Waals surface area (Å²) in [6.45, 7) is 3.94. The van der Waals surface area contributed by atoms with E-state index >= 15 is 0 Å². The molecule has 0 amide bonds. The van der Waals surface area contributed by atoms with Crippen LogP contribution in [0.4, 0.5) is 0 Å². The Morgan fingerprint density at radius 1 is 1.36 bits per heavy atom. The van der Waals surface area contributed by atoms with Crippen molar-refractivity contribution in [1.82, 2.24) is 14.4 Å². The van der Waals surface area contributed by atoms with Gasteiger partial charge in [-0.25, -0.2) is 9.97 Å². The standard InChI is InChI=1S/C8H9N3/c1-6-8-9-4-3-5-11(8)7(2)10-6/h3-5H,1-2H3. The fraction of sp³-hybridized carbons (Fsp3) is 0.250. The summed E-state index contributed by atoms with van der Waals surface area (Å²) < 4.78 is 1.98. The van der Waals surface area contributed by atoms with Crippen LogP contribution in [0.2, 0.25) is 0 Å². The Morgan fingerprint density at radius 2 is 2.18 bits per heavy atom. The number of nitrogens with zero attached hydrogens (tertiary/aromatic N) is 3. The molecule has 2 aromatic heterocycles. The first-order chi connectivity index (χ1) is 5.29. The van der Waals surface area contributed by atoms with Crippen molar-refractivity contribution in [3.8, 4) is 0 Å². The van der Waals surface area contributed by atoms with Crippen molar-refractivity contribution in [3.63, 3.8) is 0 Å². The molecule has 0 spiro atoms.